The van der Waals surface area contributed by atoms with Gasteiger partial charge in [-0.25, -0.2) is 9.97 Å². The van der Waals surface area contributed by atoms with Crippen molar-refractivity contribution in [2.45, 2.75) is 13.1 Å². The van der Waals surface area contributed by atoms with E-state index < -0.39 is 0 Å². The largest absolute Gasteiger partial charge is 0.393 e. The van der Waals surface area contributed by atoms with E-state index in [9.17, 15) is 0 Å². The third kappa shape index (κ3) is 3.81. The van der Waals surface area contributed by atoms with Crippen molar-refractivity contribution in [1.29, 1.82) is 0 Å². The Labute approximate surface area is 142 Å². The number of hydrogen-bond acceptors (Lipinski definition) is 5. The van der Waals surface area contributed by atoms with Gasteiger partial charge in [0.2, 0.25) is 0 Å². The number of aromatic nitrogens is 2. The van der Waals surface area contributed by atoms with Gasteiger partial charge in [0.15, 0.2) is 11.6 Å². The second kappa shape index (κ2) is 7.46. The molecule has 0 unspecified atom stereocenters. The Bertz CT molecular complexity index is 774. The van der Waals surface area contributed by atoms with Crippen molar-refractivity contribution in [2.24, 2.45) is 0 Å². The number of nitrogens with one attached hydrogen (secondary N) is 1. The SMILES string of the molecule is CN(Cc1ccccc1)c1ncnc(NCc2ccccc2)c1N. The van der Waals surface area contributed by atoms with Crippen molar-refractivity contribution in [3.63, 3.8) is 0 Å². The quantitative estimate of drug-likeness (QED) is 0.729. The first-order valence-electron chi connectivity index (χ1n) is 7.87. The smallest absolute Gasteiger partial charge is 0.157 e. The fraction of sp³-hybridized carbons (Fsp3) is 0.158. The molecule has 0 aliphatic heterocycles. The topological polar surface area (TPSA) is 67.1 Å². The van der Waals surface area contributed by atoms with E-state index in [-0.39, 0.29) is 0 Å². The number of nitrogens with two attached hydrogens (primary N) is 1. The Kier molecular flexibility index (Phi) is 4.91. The third-order valence-electron chi connectivity index (χ3n) is 3.79. The van der Waals surface area contributed by atoms with Crippen LogP contribution in [0, 0.1) is 0 Å². The van der Waals surface area contributed by atoms with Gasteiger partial charge in [-0.3, -0.25) is 0 Å². The molecule has 5 heteroatoms. The summed E-state index contributed by atoms with van der Waals surface area (Å²) in [7, 11) is 1.98. The van der Waals surface area contributed by atoms with Crippen LogP contribution in [-0.4, -0.2) is 17.0 Å². The molecule has 24 heavy (non-hydrogen) atoms. The number of hydrogen-bond donors (Lipinski definition) is 2. The minimum Gasteiger partial charge on any atom is -0.393 e. The highest BCUT2D eigenvalue weighted by molar-refractivity contribution is 5.74. The average molecular weight is 319 g/mol. The molecule has 0 aliphatic rings. The molecule has 1 aromatic heterocycles. The molecule has 5 nitrogen and oxygen atoms in total. The summed E-state index contributed by atoms with van der Waals surface area (Å²) in [5, 5.41) is 3.29. The van der Waals surface area contributed by atoms with Gasteiger partial charge >= 0.3 is 0 Å². The summed E-state index contributed by atoms with van der Waals surface area (Å²) in [5.74, 6) is 1.38. The molecule has 2 aromatic carbocycles. The van der Waals surface area contributed by atoms with E-state index in [1.165, 1.54) is 11.1 Å². The number of anilines is 3. The second-order valence-corrected chi connectivity index (χ2v) is 5.64. The maximum absolute atomic E-state index is 6.27. The van der Waals surface area contributed by atoms with Crippen molar-refractivity contribution in [3.8, 4) is 0 Å². The third-order valence-corrected chi connectivity index (χ3v) is 3.79. The van der Waals surface area contributed by atoms with Crippen LogP contribution in [0.5, 0.6) is 0 Å². The maximum atomic E-state index is 6.27. The zero-order valence-electron chi connectivity index (χ0n) is 13.7. The van der Waals surface area contributed by atoms with E-state index in [1.807, 2.05) is 48.3 Å². The van der Waals surface area contributed by atoms with Crippen molar-refractivity contribution in [2.75, 3.05) is 23.0 Å². The summed E-state index contributed by atoms with van der Waals surface area (Å²) in [4.78, 5) is 10.6. The van der Waals surface area contributed by atoms with E-state index in [0.717, 1.165) is 12.4 Å². The number of rotatable bonds is 6. The fourth-order valence-corrected chi connectivity index (χ4v) is 2.55. The highest BCUT2D eigenvalue weighted by atomic mass is 15.2. The lowest BCUT2D eigenvalue weighted by Crippen LogP contribution is -2.20. The summed E-state index contributed by atoms with van der Waals surface area (Å²) >= 11 is 0. The fourth-order valence-electron chi connectivity index (χ4n) is 2.55. The van der Waals surface area contributed by atoms with Gasteiger partial charge in [0, 0.05) is 20.1 Å². The Morgan fingerprint density at radius 2 is 1.54 bits per heavy atom. The predicted molar refractivity (Wildman–Crippen MR) is 98.8 cm³/mol. The first-order valence-corrected chi connectivity index (χ1v) is 7.87. The summed E-state index contributed by atoms with van der Waals surface area (Å²) < 4.78 is 0. The van der Waals surface area contributed by atoms with Gasteiger partial charge in [0.05, 0.1) is 0 Å². The molecule has 0 saturated carbocycles. The average Bonchev–Trinajstić information content (AvgIpc) is 2.62. The molecular formula is C19H21N5. The minimum atomic E-state index is 0.562. The first kappa shape index (κ1) is 15.8. The predicted octanol–water partition coefficient (Wildman–Crippen LogP) is 3.31. The van der Waals surface area contributed by atoms with Crippen LogP contribution in [0.2, 0.25) is 0 Å². The van der Waals surface area contributed by atoms with Crippen molar-refractivity contribution >= 4 is 17.3 Å². The lowest BCUT2D eigenvalue weighted by molar-refractivity contribution is 0.893. The molecule has 0 amide bonds. The second-order valence-electron chi connectivity index (χ2n) is 5.64. The molecule has 3 N–H and O–H groups in total. The Balaban J connectivity index is 1.73. The molecule has 122 valence electrons. The van der Waals surface area contributed by atoms with Crippen LogP contribution < -0.4 is 16.0 Å². The van der Waals surface area contributed by atoms with Crippen molar-refractivity contribution in [3.05, 3.63) is 78.1 Å². The first-order chi connectivity index (χ1) is 11.7. The van der Waals surface area contributed by atoms with Crippen LogP contribution >= 0.6 is 0 Å². The van der Waals surface area contributed by atoms with Gasteiger partial charge in [-0.05, 0) is 11.1 Å². The van der Waals surface area contributed by atoms with E-state index in [4.69, 9.17) is 5.73 Å². The minimum absolute atomic E-state index is 0.562. The van der Waals surface area contributed by atoms with E-state index >= 15 is 0 Å². The summed E-state index contributed by atoms with van der Waals surface area (Å²) in [6.07, 6.45) is 1.54. The Morgan fingerprint density at radius 3 is 2.21 bits per heavy atom. The van der Waals surface area contributed by atoms with Crippen molar-refractivity contribution in [1.82, 2.24) is 9.97 Å². The van der Waals surface area contributed by atoms with Gasteiger partial charge in [-0.15, -0.1) is 0 Å². The van der Waals surface area contributed by atoms with Gasteiger partial charge in [-0.1, -0.05) is 60.7 Å². The van der Waals surface area contributed by atoms with Gasteiger partial charge in [-0.2, -0.15) is 0 Å². The number of benzene rings is 2. The molecule has 0 aliphatic carbocycles. The van der Waals surface area contributed by atoms with Crippen LogP contribution in [0.15, 0.2) is 67.0 Å². The zero-order chi connectivity index (χ0) is 16.8. The zero-order valence-corrected chi connectivity index (χ0v) is 13.7. The van der Waals surface area contributed by atoms with E-state index in [0.29, 0.717) is 18.1 Å². The molecule has 0 radical (unpaired) electrons. The highest BCUT2D eigenvalue weighted by Crippen LogP contribution is 2.26. The molecule has 3 rings (SSSR count). The molecule has 1 heterocycles. The van der Waals surface area contributed by atoms with Crippen LogP contribution in [-0.2, 0) is 13.1 Å². The Morgan fingerprint density at radius 1 is 0.917 bits per heavy atom. The van der Waals surface area contributed by atoms with Crippen LogP contribution in [0.25, 0.3) is 0 Å². The standard InChI is InChI=1S/C19H21N5/c1-24(13-16-10-6-3-7-11-16)19-17(20)18(22-14-23-19)21-12-15-8-4-2-5-9-15/h2-11,14H,12-13,20H2,1H3,(H,21,22,23). The molecule has 0 bridgehead atoms. The molecule has 0 saturated heterocycles. The molecule has 3 aromatic rings. The van der Waals surface area contributed by atoms with E-state index in [2.05, 4.69) is 39.6 Å². The van der Waals surface area contributed by atoms with Crippen LogP contribution in [0.3, 0.4) is 0 Å². The lowest BCUT2D eigenvalue weighted by Gasteiger charge is -2.21. The highest BCUT2D eigenvalue weighted by Gasteiger charge is 2.12. The lowest BCUT2D eigenvalue weighted by atomic mass is 10.2. The van der Waals surface area contributed by atoms with Gasteiger partial charge in [0.25, 0.3) is 0 Å². The molecule has 0 spiro atoms. The van der Waals surface area contributed by atoms with Gasteiger partial charge in [0.1, 0.15) is 12.0 Å². The van der Waals surface area contributed by atoms with Crippen LogP contribution in [0.1, 0.15) is 11.1 Å². The van der Waals surface area contributed by atoms with E-state index in [1.54, 1.807) is 6.33 Å². The normalized spacial score (nSPS) is 10.4. The van der Waals surface area contributed by atoms with Crippen molar-refractivity contribution < 1.29 is 0 Å². The summed E-state index contributed by atoms with van der Waals surface area (Å²) in [6.45, 7) is 1.41. The maximum Gasteiger partial charge on any atom is 0.157 e. The molecule has 0 fully saturated rings. The molecular weight excluding hydrogens is 298 g/mol. The monoisotopic (exact) mass is 319 g/mol. The Hall–Kier alpha value is -3.08. The number of nitrogen functional groups attached to an aromatic ring is 1. The molecule has 0 atom stereocenters. The number of nitrogens with zero attached hydrogens (tertiary/aromatic N) is 3. The summed E-state index contributed by atoms with van der Waals surface area (Å²) in [6, 6.07) is 20.4. The van der Waals surface area contributed by atoms with Crippen LogP contribution in [0.4, 0.5) is 17.3 Å². The van der Waals surface area contributed by atoms with Gasteiger partial charge < -0.3 is 16.0 Å². The summed E-state index contributed by atoms with van der Waals surface area (Å²) in [5.41, 5.74) is 9.22.